The normalized spacial score (nSPS) is 17.4. The number of nitrogens with zero attached hydrogens (tertiary/aromatic N) is 4. The van der Waals surface area contributed by atoms with Gasteiger partial charge >= 0.3 is 5.97 Å². The number of hydrogen-bond acceptors (Lipinski definition) is 6. The number of aliphatic carboxylic acids is 1. The number of ether oxygens (including phenoxy) is 1. The molecular formula is C28H30N4O5S. The summed E-state index contributed by atoms with van der Waals surface area (Å²) in [4.78, 5) is 12.0. The van der Waals surface area contributed by atoms with Crippen molar-refractivity contribution in [3.63, 3.8) is 0 Å². The number of sulfonamides is 1. The van der Waals surface area contributed by atoms with E-state index in [-0.39, 0.29) is 24.4 Å². The van der Waals surface area contributed by atoms with Crippen LogP contribution >= 0.6 is 0 Å². The monoisotopic (exact) mass is 534 g/mol. The Morgan fingerprint density at radius 1 is 1.08 bits per heavy atom. The molecule has 0 fully saturated rings. The minimum atomic E-state index is -3.84. The van der Waals surface area contributed by atoms with Crippen LogP contribution in [0.4, 0.5) is 0 Å². The second-order valence-corrected chi connectivity index (χ2v) is 12.3. The summed E-state index contributed by atoms with van der Waals surface area (Å²) in [7, 11) is -3.84. The van der Waals surface area contributed by atoms with Gasteiger partial charge in [0.25, 0.3) is 0 Å². The van der Waals surface area contributed by atoms with E-state index >= 15 is 0 Å². The molecule has 10 heteroatoms. The first kappa shape index (κ1) is 25.9. The highest BCUT2D eigenvalue weighted by molar-refractivity contribution is 7.89. The minimum absolute atomic E-state index is 0.123. The highest BCUT2D eigenvalue weighted by Gasteiger charge is 2.38. The predicted molar refractivity (Wildman–Crippen MR) is 142 cm³/mol. The second-order valence-electron chi connectivity index (χ2n) is 10.4. The van der Waals surface area contributed by atoms with E-state index in [0.29, 0.717) is 11.4 Å². The van der Waals surface area contributed by atoms with E-state index in [2.05, 4.69) is 10.2 Å². The lowest BCUT2D eigenvalue weighted by atomic mass is 9.87. The van der Waals surface area contributed by atoms with E-state index < -0.39 is 27.5 Å². The van der Waals surface area contributed by atoms with Crippen molar-refractivity contribution in [1.29, 1.82) is 0 Å². The molecule has 5 rings (SSSR count). The number of benzene rings is 2. The lowest BCUT2D eigenvalue weighted by Crippen LogP contribution is -2.42. The SMILES string of the molecule is Cc1ccc(C(CC(=O)O)c2ccn3c(C)nnc3c2)cc1CN1CC(C)(C)Oc2ccccc2S1(=O)=O. The van der Waals surface area contributed by atoms with Gasteiger partial charge in [-0.2, -0.15) is 4.31 Å². The fourth-order valence-corrected chi connectivity index (χ4v) is 6.66. The second kappa shape index (κ2) is 9.52. The van der Waals surface area contributed by atoms with Gasteiger partial charge in [0.1, 0.15) is 22.1 Å². The minimum Gasteiger partial charge on any atom is -0.485 e. The maximum absolute atomic E-state index is 13.7. The fourth-order valence-electron chi connectivity index (χ4n) is 4.98. The van der Waals surface area contributed by atoms with E-state index in [4.69, 9.17) is 4.74 Å². The van der Waals surface area contributed by atoms with Crippen LogP contribution < -0.4 is 4.74 Å². The van der Waals surface area contributed by atoms with E-state index in [1.807, 2.05) is 68.6 Å². The predicted octanol–water partition coefficient (Wildman–Crippen LogP) is 4.31. The molecule has 1 N–H and O–H groups in total. The summed E-state index contributed by atoms with van der Waals surface area (Å²) in [6.07, 6.45) is 1.72. The summed E-state index contributed by atoms with van der Waals surface area (Å²) in [6.45, 7) is 7.80. The van der Waals surface area contributed by atoms with Crippen LogP contribution in [0.2, 0.25) is 0 Å². The number of para-hydroxylation sites is 1. The molecule has 0 spiro atoms. The molecule has 2 aromatic carbocycles. The van der Waals surface area contributed by atoms with Gasteiger partial charge in [0.05, 0.1) is 13.0 Å². The van der Waals surface area contributed by atoms with Gasteiger partial charge in [-0.15, -0.1) is 10.2 Å². The standard InChI is InChI=1S/C28H30N4O5S/c1-18-9-10-20(23(15-27(33)34)21-11-12-32-19(2)29-30-26(32)14-21)13-22(18)16-31-17-28(3,4)37-24-7-5-6-8-25(24)38(31,35)36/h5-14,23H,15-17H2,1-4H3,(H,33,34). The first-order valence-corrected chi connectivity index (χ1v) is 13.8. The van der Waals surface area contributed by atoms with Crippen LogP contribution in [-0.2, 0) is 21.4 Å². The van der Waals surface area contributed by atoms with Gasteiger partial charge in [-0.1, -0.05) is 30.3 Å². The molecule has 0 radical (unpaired) electrons. The van der Waals surface area contributed by atoms with Gasteiger partial charge in [-0.25, -0.2) is 8.42 Å². The smallest absolute Gasteiger partial charge is 0.304 e. The summed E-state index contributed by atoms with van der Waals surface area (Å²) < 4.78 is 36.8. The highest BCUT2D eigenvalue weighted by atomic mass is 32.2. The maximum atomic E-state index is 13.7. The van der Waals surface area contributed by atoms with E-state index in [1.54, 1.807) is 24.3 Å². The molecule has 1 aliphatic rings. The first-order chi connectivity index (χ1) is 17.9. The topological polar surface area (TPSA) is 114 Å². The Labute approximate surface area is 221 Å². The molecule has 0 amide bonds. The van der Waals surface area contributed by atoms with Crippen LogP contribution in [-0.4, -0.2) is 50.5 Å². The molecule has 3 heterocycles. The zero-order valence-corrected chi connectivity index (χ0v) is 22.6. The lowest BCUT2D eigenvalue weighted by molar-refractivity contribution is -0.137. The van der Waals surface area contributed by atoms with Gasteiger partial charge in [0.2, 0.25) is 10.0 Å². The number of hydrogen-bond donors (Lipinski definition) is 1. The average Bonchev–Trinajstić information content (AvgIpc) is 3.19. The molecule has 0 saturated carbocycles. The highest BCUT2D eigenvalue weighted by Crippen LogP contribution is 2.36. The van der Waals surface area contributed by atoms with E-state index in [0.717, 1.165) is 28.1 Å². The van der Waals surface area contributed by atoms with Crippen LogP contribution in [0.15, 0.2) is 65.7 Å². The Hall–Kier alpha value is -3.76. The van der Waals surface area contributed by atoms with Gasteiger partial charge in [0.15, 0.2) is 5.65 Å². The molecule has 198 valence electrons. The number of carbonyl (C=O) groups is 1. The molecule has 2 aromatic heterocycles. The quantitative estimate of drug-likeness (QED) is 0.392. The summed E-state index contributed by atoms with van der Waals surface area (Å²) in [5, 5.41) is 18.0. The van der Waals surface area contributed by atoms with Gasteiger partial charge < -0.3 is 9.84 Å². The number of fused-ring (bicyclic) bond motifs is 2. The van der Waals surface area contributed by atoms with Crippen molar-refractivity contribution in [2.45, 2.75) is 57.1 Å². The van der Waals surface area contributed by atoms with Crippen LogP contribution in [0.25, 0.3) is 5.65 Å². The van der Waals surface area contributed by atoms with Crippen molar-refractivity contribution in [3.8, 4) is 5.75 Å². The van der Waals surface area contributed by atoms with Crippen molar-refractivity contribution in [2.24, 2.45) is 0 Å². The molecule has 1 unspecified atom stereocenters. The number of carboxylic acids is 1. The van der Waals surface area contributed by atoms with Crippen molar-refractivity contribution in [3.05, 3.63) is 88.9 Å². The Bertz CT molecular complexity index is 1640. The Balaban J connectivity index is 1.55. The summed E-state index contributed by atoms with van der Waals surface area (Å²) in [5.41, 5.74) is 3.20. The fraction of sp³-hybridized carbons (Fsp3) is 0.321. The van der Waals surface area contributed by atoms with Crippen molar-refractivity contribution < 1.29 is 23.1 Å². The molecule has 38 heavy (non-hydrogen) atoms. The van der Waals surface area contributed by atoms with E-state index in [1.165, 1.54) is 4.31 Å². The molecule has 4 aromatic rings. The third kappa shape index (κ3) is 4.89. The van der Waals surface area contributed by atoms with Crippen LogP contribution in [0.3, 0.4) is 0 Å². The average molecular weight is 535 g/mol. The molecule has 0 bridgehead atoms. The molecule has 1 aliphatic heterocycles. The zero-order chi connectivity index (χ0) is 27.2. The van der Waals surface area contributed by atoms with Crippen LogP contribution in [0, 0.1) is 13.8 Å². The first-order valence-electron chi connectivity index (χ1n) is 12.4. The molecule has 0 aliphatic carbocycles. The molecule has 9 nitrogen and oxygen atoms in total. The van der Waals surface area contributed by atoms with Crippen molar-refractivity contribution in [2.75, 3.05) is 6.54 Å². The summed E-state index contributed by atoms with van der Waals surface area (Å²) in [6, 6.07) is 16.2. The number of pyridine rings is 1. The van der Waals surface area contributed by atoms with Crippen molar-refractivity contribution >= 4 is 21.6 Å². The molecule has 0 saturated heterocycles. The van der Waals surface area contributed by atoms with Crippen LogP contribution in [0.5, 0.6) is 5.75 Å². The third-order valence-corrected chi connectivity index (χ3v) is 8.75. The van der Waals surface area contributed by atoms with Crippen LogP contribution in [0.1, 0.15) is 54.3 Å². The molecular weight excluding hydrogens is 504 g/mol. The number of carboxylic acid groups (broad SMARTS) is 1. The number of rotatable bonds is 6. The number of aromatic nitrogens is 3. The lowest BCUT2D eigenvalue weighted by Gasteiger charge is -2.29. The Kier molecular flexibility index (Phi) is 6.48. The number of aryl methyl sites for hydroxylation is 2. The third-order valence-electron chi connectivity index (χ3n) is 6.92. The van der Waals surface area contributed by atoms with E-state index in [9.17, 15) is 18.3 Å². The maximum Gasteiger partial charge on any atom is 0.304 e. The van der Waals surface area contributed by atoms with Gasteiger partial charge in [-0.3, -0.25) is 9.20 Å². The Morgan fingerprint density at radius 3 is 2.58 bits per heavy atom. The summed E-state index contributed by atoms with van der Waals surface area (Å²) >= 11 is 0. The van der Waals surface area contributed by atoms with Crippen molar-refractivity contribution in [1.82, 2.24) is 18.9 Å². The largest absolute Gasteiger partial charge is 0.485 e. The summed E-state index contributed by atoms with van der Waals surface area (Å²) in [5.74, 6) is -0.299. The zero-order valence-electron chi connectivity index (χ0n) is 21.7. The van der Waals surface area contributed by atoms with Gasteiger partial charge in [0, 0.05) is 18.7 Å². The Morgan fingerprint density at radius 2 is 1.82 bits per heavy atom. The molecule has 1 atom stereocenters. The van der Waals surface area contributed by atoms with Gasteiger partial charge in [-0.05, 0) is 74.2 Å².